The highest BCUT2D eigenvalue weighted by atomic mass is 15.3. The number of fused-ring (bicyclic) bond motifs is 1. The Bertz CT molecular complexity index is 635. The van der Waals surface area contributed by atoms with Gasteiger partial charge >= 0.3 is 0 Å². The van der Waals surface area contributed by atoms with Crippen LogP contribution in [0, 0.1) is 5.41 Å². The average molecular weight is 288 g/mol. The van der Waals surface area contributed by atoms with Crippen LogP contribution in [0.4, 0.5) is 5.82 Å². The zero-order valence-corrected chi connectivity index (χ0v) is 13.3. The molecule has 3 rings (SSSR count). The molecule has 3 heterocycles. The summed E-state index contributed by atoms with van der Waals surface area (Å²) >= 11 is 0. The Balaban J connectivity index is 1.82. The lowest BCUT2D eigenvalue weighted by molar-refractivity contribution is 0.125. The molecule has 0 spiro atoms. The number of nitrogens with one attached hydrogen (secondary N) is 1. The first-order chi connectivity index (χ1) is 9.98. The van der Waals surface area contributed by atoms with Crippen LogP contribution in [0.25, 0.3) is 11.0 Å². The van der Waals surface area contributed by atoms with Crippen LogP contribution in [0.1, 0.15) is 32.5 Å². The van der Waals surface area contributed by atoms with E-state index in [-0.39, 0.29) is 0 Å². The van der Waals surface area contributed by atoms with Crippen molar-refractivity contribution < 1.29 is 0 Å². The molecule has 6 nitrogen and oxygen atoms in total. The van der Waals surface area contributed by atoms with Gasteiger partial charge in [-0.05, 0) is 31.3 Å². The summed E-state index contributed by atoms with van der Waals surface area (Å²) < 4.78 is 1.81. The van der Waals surface area contributed by atoms with Crippen LogP contribution >= 0.6 is 0 Å². The van der Waals surface area contributed by atoms with Gasteiger partial charge in [0.05, 0.1) is 18.1 Å². The molecule has 0 amide bonds. The van der Waals surface area contributed by atoms with Gasteiger partial charge < -0.3 is 5.32 Å². The van der Waals surface area contributed by atoms with Crippen molar-refractivity contribution in [2.24, 2.45) is 12.5 Å². The second kappa shape index (κ2) is 5.26. The molecule has 1 aliphatic rings. The maximum absolute atomic E-state index is 4.68. The maximum atomic E-state index is 4.68. The molecule has 2 aromatic rings. The van der Waals surface area contributed by atoms with Crippen LogP contribution in [-0.4, -0.2) is 44.8 Å². The summed E-state index contributed by atoms with van der Waals surface area (Å²) in [4.78, 5) is 11.8. The Hall–Kier alpha value is -1.69. The van der Waals surface area contributed by atoms with E-state index in [1.807, 2.05) is 20.3 Å². The van der Waals surface area contributed by atoms with Gasteiger partial charge in [0.1, 0.15) is 11.6 Å². The van der Waals surface area contributed by atoms with Gasteiger partial charge in [0.15, 0.2) is 5.65 Å². The molecular weight excluding hydrogens is 264 g/mol. The SMILES string of the molecule is CNc1nc(CN2CCC(C)(C)CC2)nc2c1cnn2C. The Morgan fingerprint density at radius 2 is 1.95 bits per heavy atom. The van der Waals surface area contributed by atoms with Crippen molar-refractivity contribution in [3.8, 4) is 0 Å². The minimum Gasteiger partial charge on any atom is -0.372 e. The summed E-state index contributed by atoms with van der Waals surface area (Å²) in [7, 11) is 3.81. The van der Waals surface area contributed by atoms with E-state index in [4.69, 9.17) is 0 Å². The highest BCUT2D eigenvalue weighted by Gasteiger charge is 2.25. The predicted octanol–water partition coefficient (Wildman–Crippen LogP) is 2.03. The number of likely N-dealkylation sites (tertiary alicyclic amines) is 1. The first-order valence-electron chi connectivity index (χ1n) is 7.57. The van der Waals surface area contributed by atoms with Crippen LogP contribution in [0.15, 0.2) is 6.20 Å². The van der Waals surface area contributed by atoms with E-state index in [2.05, 4.69) is 39.1 Å². The van der Waals surface area contributed by atoms with Gasteiger partial charge in [-0.2, -0.15) is 5.10 Å². The number of aromatic nitrogens is 4. The normalized spacial score (nSPS) is 19.0. The van der Waals surface area contributed by atoms with Crippen molar-refractivity contribution in [3.05, 3.63) is 12.0 Å². The Morgan fingerprint density at radius 3 is 2.62 bits per heavy atom. The molecule has 0 saturated carbocycles. The largest absolute Gasteiger partial charge is 0.372 e. The number of nitrogens with zero attached hydrogens (tertiary/aromatic N) is 5. The topological polar surface area (TPSA) is 58.9 Å². The number of aryl methyl sites for hydroxylation is 1. The van der Waals surface area contributed by atoms with E-state index in [1.54, 1.807) is 4.68 Å². The molecular formula is C15H24N6. The molecule has 1 N–H and O–H groups in total. The fourth-order valence-electron chi connectivity index (χ4n) is 2.84. The van der Waals surface area contributed by atoms with Crippen LogP contribution in [-0.2, 0) is 13.6 Å². The van der Waals surface area contributed by atoms with E-state index in [0.29, 0.717) is 5.41 Å². The van der Waals surface area contributed by atoms with Gasteiger partial charge in [0.25, 0.3) is 0 Å². The van der Waals surface area contributed by atoms with Crippen LogP contribution in [0.3, 0.4) is 0 Å². The maximum Gasteiger partial charge on any atom is 0.163 e. The number of hydrogen-bond donors (Lipinski definition) is 1. The smallest absolute Gasteiger partial charge is 0.163 e. The quantitative estimate of drug-likeness (QED) is 0.936. The Morgan fingerprint density at radius 1 is 1.24 bits per heavy atom. The molecule has 0 aliphatic carbocycles. The average Bonchev–Trinajstić information content (AvgIpc) is 2.82. The van der Waals surface area contributed by atoms with E-state index in [1.165, 1.54) is 12.8 Å². The van der Waals surface area contributed by atoms with Gasteiger partial charge in [-0.1, -0.05) is 13.8 Å². The molecule has 0 atom stereocenters. The predicted molar refractivity (Wildman–Crippen MR) is 84.1 cm³/mol. The fourth-order valence-corrected chi connectivity index (χ4v) is 2.84. The zero-order valence-electron chi connectivity index (χ0n) is 13.3. The number of hydrogen-bond acceptors (Lipinski definition) is 5. The van der Waals surface area contributed by atoms with Crippen LogP contribution < -0.4 is 5.32 Å². The Labute approximate surface area is 125 Å². The summed E-state index contributed by atoms with van der Waals surface area (Å²) in [6.45, 7) is 7.75. The minimum absolute atomic E-state index is 0.472. The van der Waals surface area contributed by atoms with Crippen molar-refractivity contribution >= 4 is 16.9 Å². The second-order valence-electron chi connectivity index (χ2n) is 6.68. The lowest BCUT2D eigenvalue weighted by Crippen LogP contribution is -2.37. The molecule has 1 aliphatic heterocycles. The van der Waals surface area contributed by atoms with Crippen molar-refractivity contribution in [2.45, 2.75) is 33.2 Å². The van der Waals surface area contributed by atoms with E-state index < -0.39 is 0 Å². The highest BCUT2D eigenvalue weighted by Crippen LogP contribution is 2.30. The molecule has 2 aromatic heterocycles. The molecule has 114 valence electrons. The van der Waals surface area contributed by atoms with Gasteiger partial charge in [0.2, 0.25) is 0 Å². The lowest BCUT2D eigenvalue weighted by Gasteiger charge is -2.36. The van der Waals surface area contributed by atoms with Crippen LogP contribution in [0.5, 0.6) is 0 Å². The van der Waals surface area contributed by atoms with E-state index in [0.717, 1.165) is 42.3 Å². The third-order valence-corrected chi connectivity index (χ3v) is 4.45. The second-order valence-corrected chi connectivity index (χ2v) is 6.68. The summed E-state index contributed by atoms with van der Waals surface area (Å²) in [6.07, 6.45) is 4.29. The molecule has 0 bridgehead atoms. The number of anilines is 1. The van der Waals surface area contributed by atoms with E-state index in [9.17, 15) is 0 Å². The van der Waals surface area contributed by atoms with Crippen LogP contribution in [0.2, 0.25) is 0 Å². The Kier molecular flexibility index (Phi) is 3.57. The third-order valence-electron chi connectivity index (χ3n) is 4.45. The van der Waals surface area contributed by atoms with Crippen molar-refractivity contribution in [2.75, 3.05) is 25.5 Å². The zero-order chi connectivity index (χ0) is 15.0. The molecule has 0 aromatic carbocycles. The van der Waals surface area contributed by atoms with Gasteiger partial charge in [-0.15, -0.1) is 0 Å². The summed E-state index contributed by atoms with van der Waals surface area (Å²) in [5.41, 5.74) is 1.36. The minimum atomic E-state index is 0.472. The molecule has 21 heavy (non-hydrogen) atoms. The molecule has 0 unspecified atom stereocenters. The summed E-state index contributed by atoms with van der Waals surface area (Å²) in [6, 6.07) is 0. The van der Waals surface area contributed by atoms with Crippen molar-refractivity contribution in [1.29, 1.82) is 0 Å². The van der Waals surface area contributed by atoms with Crippen molar-refractivity contribution in [3.63, 3.8) is 0 Å². The first kappa shape index (κ1) is 14.3. The number of piperidine rings is 1. The molecule has 1 saturated heterocycles. The van der Waals surface area contributed by atoms with Gasteiger partial charge in [-0.3, -0.25) is 9.58 Å². The monoisotopic (exact) mass is 288 g/mol. The van der Waals surface area contributed by atoms with Crippen molar-refractivity contribution in [1.82, 2.24) is 24.6 Å². The molecule has 1 fully saturated rings. The third kappa shape index (κ3) is 2.85. The molecule has 0 radical (unpaired) electrons. The number of rotatable bonds is 3. The lowest BCUT2D eigenvalue weighted by atomic mass is 9.83. The van der Waals surface area contributed by atoms with Gasteiger partial charge in [-0.25, -0.2) is 9.97 Å². The van der Waals surface area contributed by atoms with Gasteiger partial charge in [0, 0.05) is 14.1 Å². The standard InChI is InChI=1S/C15H24N6/c1-15(2)5-7-21(8-6-15)10-12-18-13(16-3)11-9-17-20(4)14(11)19-12/h9H,5-8,10H2,1-4H3,(H,16,18,19). The fraction of sp³-hybridized carbons (Fsp3) is 0.667. The summed E-state index contributed by atoms with van der Waals surface area (Å²) in [5, 5.41) is 8.40. The highest BCUT2D eigenvalue weighted by molar-refractivity contribution is 5.86. The first-order valence-corrected chi connectivity index (χ1v) is 7.57. The summed E-state index contributed by atoms with van der Waals surface area (Å²) in [5.74, 6) is 1.73. The molecule has 6 heteroatoms. The van der Waals surface area contributed by atoms with E-state index >= 15 is 0 Å².